The van der Waals surface area contributed by atoms with Crippen molar-refractivity contribution < 1.29 is 4.79 Å². The summed E-state index contributed by atoms with van der Waals surface area (Å²) in [4.78, 5) is 22.0. The third-order valence-electron chi connectivity index (χ3n) is 5.38. The predicted molar refractivity (Wildman–Crippen MR) is 96.0 cm³/mol. The van der Waals surface area contributed by atoms with Crippen molar-refractivity contribution in [2.75, 3.05) is 13.1 Å². The molecule has 0 saturated carbocycles. The summed E-state index contributed by atoms with van der Waals surface area (Å²) in [7, 11) is 0. The number of carbonyl (C=O) groups is 1. The molecular formula is C19H23N3OS. The molecule has 2 saturated heterocycles. The molecule has 2 aromatic rings. The zero-order valence-corrected chi connectivity index (χ0v) is 14.8. The Morgan fingerprint density at radius 3 is 2.83 bits per heavy atom. The maximum absolute atomic E-state index is 12.5. The van der Waals surface area contributed by atoms with Crippen LogP contribution in [0, 0.1) is 6.92 Å². The van der Waals surface area contributed by atoms with Gasteiger partial charge in [0, 0.05) is 47.3 Å². The van der Waals surface area contributed by atoms with E-state index < -0.39 is 0 Å². The van der Waals surface area contributed by atoms with E-state index in [0.717, 1.165) is 44.5 Å². The van der Waals surface area contributed by atoms with Gasteiger partial charge in [0.05, 0.1) is 5.92 Å². The summed E-state index contributed by atoms with van der Waals surface area (Å²) >= 11 is 1.88. The van der Waals surface area contributed by atoms with E-state index in [1.807, 2.05) is 29.7 Å². The molecule has 1 spiro atoms. The normalized spacial score (nSPS) is 23.5. The fourth-order valence-electron chi connectivity index (χ4n) is 3.99. The first kappa shape index (κ1) is 15.8. The molecule has 0 aromatic carbocycles. The van der Waals surface area contributed by atoms with E-state index in [4.69, 9.17) is 0 Å². The van der Waals surface area contributed by atoms with Gasteiger partial charge < -0.3 is 5.32 Å². The first-order valence-electron chi connectivity index (χ1n) is 8.63. The molecule has 5 heteroatoms. The number of likely N-dealkylation sites (tertiary alicyclic amines) is 1. The minimum absolute atomic E-state index is 0.0144. The van der Waals surface area contributed by atoms with Gasteiger partial charge in [-0.2, -0.15) is 0 Å². The number of hydrogen-bond acceptors (Lipinski definition) is 4. The smallest absolute Gasteiger partial charge is 0.228 e. The van der Waals surface area contributed by atoms with Gasteiger partial charge in [-0.25, -0.2) is 0 Å². The highest BCUT2D eigenvalue weighted by molar-refractivity contribution is 7.11. The lowest BCUT2D eigenvalue weighted by atomic mass is 9.82. The van der Waals surface area contributed by atoms with Crippen molar-refractivity contribution in [3.05, 3.63) is 52.0 Å². The summed E-state index contributed by atoms with van der Waals surface area (Å²) < 4.78 is 0. The minimum Gasteiger partial charge on any atom is -0.350 e. The van der Waals surface area contributed by atoms with Crippen molar-refractivity contribution in [1.29, 1.82) is 0 Å². The van der Waals surface area contributed by atoms with E-state index in [-0.39, 0.29) is 17.4 Å². The Morgan fingerprint density at radius 2 is 2.17 bits per heavy atom. The summed E-state index contributed by atoms with van der Waals surface area (Å²) in [6.45, 7) is 5.30. The molecule has 0 bridgehead atoms. The van der Waals surface area contributed by atoms with Gasteiger partial charge in [0.1, 0.15) is 0 Å². The minimum atomic E-state index is -0.0369. The van der Waals surface area contributed by atoms with Crippen LogP contribution in [0.1, 0.15) is 40.5 Å². The summed E-state index contributed by atoms with van der Waals surface area (Å²) in [5.74, 6) is 0.135. The van der Waals surface area contributed by atoms with E-state index in [0.29, 0.717) is 0 Å². The van der Waals surface area contributed by atoms with Crippen LogP contribution in [0.25, 0.3) is 0 Å². The summed E-state index contributed by atoms with van der Waals surface area (Å²) in [6, 6.07) is 8.37. The number of aryl methyl sites for hydroxylation is 1. The lowest BCUT2D eigenvalue weighted by molar-refractivity contribution is -0.121. The maximum Gasteiger partial charge on any atom is 0.228 e. The van der Waals surface area contributed by atoms with Crippen LogP contribution in [0.15, 0.2) is 36.7 Å². The first-order chi connectivity index (χ1) is 11.6. The second-order valence-corrected chi connectivity index (χ2v) is 8.47. The molecule has 4 nitrogen and oxygen atoms in total. The molecular weight excluding hydrogens is 318 g/mol. The quantitative estimate of drug-likeness (QED) is 0.933. The van der Waals surface area contributed by atoms with Gasteiger partial charge in [0.15, 0.2) is 0 Å². The third kappa shape index (κ3) is 3.10. The molecule has 2 aliphatic rings. The first-order valence-corrected chi connectivity index (χ1v) is 9.45. The summed E-state index contributed by atoms with van der Waals surface area (Å²) in [6.07, 6.45) is 6.58. The molecule has 2 fully saturated rings. The molecule has 2 aromatic heterocycles. The number of hydrogen-bond donors (Lipinski definition) is 1. The van der Waals surface area contributed by atoms with E-state index in [2.05, 4.69) is 34.3 Å². The van der Waals surface area contributed by atoms with Crippen LogP contribution in [0.5, 0.6) is 0 Å². The summed E-state index contributed by atoms with van der Waals surface area (Å²) in [5.41, 5.74) is 1.03. The van der Waals surface area contributed by atoms with Crippen LogP contribution >= 0.6 is 11.3 Å². The maximum atomic E-state index is 12.5. The van der Waals surface area contributed by atoms with Crippen LogP contribution in [0.4, 0.5) is 0 Å². The Kier molecular flexibility index (Phi) is 4.14. The van der Waals surface area contributed by atoms with Gasteiger partial charge in [-0.3, -0.25) is 14.7 Å². The molecule has 126 valence electrons. The number of amides is 1. The summed E-state index contributed by atoms with van der Waals surface area (Å²) in [5, 5.41) is 3.32. The monoisotopic (exact) mass is 341 g/mol. The number of nitrogens with one attached hydrogen (secondary N) is 1. The predicted octanol–water partition coefficient (Wildman–Crippen LogP) is 3.09. The topological polar surface area (TPSA) is 45.2 Å². The molecule has 0 radical (unpaired) electrons. The Balaban J connectivity index is 1.39. The second-order valence-electron chi connectivity index (χ2n) is 7.10. The average Bonchev–Trinajstić information content (AvgIpc) is 3.14. The molecule has 1 unspecified atom stereocenters. The molecule has 2 aliphatic heterocycles. The van der Waals surface area contributed by atoms with Crippen molar-refractivity contribution in [2.45, 2.75) is 44.2 Å². The van der Waals surface area contributed by atoms with Gasteiger partial charge in [0.25, 0.3) is 0 Å². The van der Waals surface area contributed by atoms with Crippen molar-refractivity contribution >= 4 is 17.2 Å². The molecule has 1 N–H and O–H groups in total. The molecule has 4 rings (SSSR count). The van der Waals surface area contributed by atoms with Crippen LogP contribution in [-0.4, -0.2) is 34.4 Å². The van der Waals surface area contributed by atoms with Crippen LogP contribution < -0.4 is 5.32 Å². The number of rotatable bonds is 3. The van der Waals surface area contributed by atoms with Crippen LogP contribution in [-0.2, 0) is 11.3 Å². The fraction of sp³-hybridized carbons (Fsp3) is 0.474. The van der Waals surface area contributed by atoms with Crippen molar-refractivity contribution in [2.24, 2.45) is 0 Å². The van der Waals surface area contributed by atoms with Gasteiger partial charge in [-0.05, 0) is 49.9 Å². The standard InChI is InChI=1S/C19H23N3OS/c1-14-4-5-16(24-14)13-22-9-6-19(7-10-22)11-17(18(23)21-19)15-3-2-8-20-12-15/h2-5,8,12,17H,6-7,9-11,13H2,1H3,(H,21,23). The zero-order valence-electron chi connectivity index (χ0n) is 14.0. The number of thiophene rings is 1. The van der Waals surface area contributed by atoms with Gasteiger partial charge >= 0.3 is 0 Å². The van der Waals surface area contributed by atoms with Crippen LogP contribution in [0.3, 0.4) is 0 Å². The highest BCUT2D eigenvalue weighted by atomic mass is 32.1. The second kappa shape index (κ2) is 6.30. The lowest BCUT2D eigenvalue weighted by Gasteiger charge is -2.39. The Hall–Kier alpha value is -1.72. The number of carbonyl (C=O) groups excluding carboxylic acids is 1. The molecule has 24 heavy (non-hydrogen) atoms. The van der Waals surface area contributed by atoms with Crippen molar-refractivity contribution in [3.8, 4) is 0 Å². The Bertz CT molecular complexity index is 719. The number of pyridine rings is 1. The fourth-order valence-corrected chi connectivity index (χ4v) is 4.93. The van der Waals surface area contributed by atoms with Gasteiger partial charge in [0.2, 0.25) is 5.91 Å². The third-order valence-corrected chi connectivity index (χ3v) is 6.36. The average molecular weight is 341 g/mol. The van der Waals surface area contributed by atoms with Gasteiger partial charge in [-0.1, -0.05) is 6.07 Å². The SMILES string of the molecule is Cc1ccc(CN2CCC3(CC2)CC(c2cccnc2)C(=O)N3)s1. The van der Waals surface area contributed by atoms with Gasteiger partial charge in [-0.15, -0.1) is 11.3 Å². The number of piperidine rings is 1. The lowest BCUT2D eigenvalue weighted by Crippen LogP contribution is -2.50. The van der Waals surface area contributed by atoms with Crippen LogP contribution in [0.2, 0.25) is 0 Å². The van der Waals surface area contributed by atoms with E-state index in [1.54, 1.807) is 6.20 Å². The molecule has 1 atom stereocenters. The number of nitrogens with zero attached hydrogens (tertiary/aromatic N) is 2. The molecule has 1 amide bonds. The number of aromatic nitrogens is 1. The van der Waals surface area contributed by atoms with Crippen molar-refractivity contribution in [3.63, 3.8) is 0 Å². The molecule has 4 heterocycles. The Labute approximate surface area is 146 Å². The van der Waals surface area contributed by atoms with Crippen molar-refractivity contribution in [1.82, 2.24) is 15.2 Å². The Morgan fingerprint density at radius 1 is 1.33 bits per heavy atom. The highest BCUT2D eigenvalue weighted by Gasteiger charge is 2.46. The highest BCUT2D eigenvalue weighted by Crippen LogP contribution is 2.39. The van der Waals surface area contributed by atoms with E-state index in [1.165, 1.54) is 9.75 Å². The van der Waals surface area contributed by atoms with E-state index in [9.17, 15) is 4.79 Å². The largest absolute Gasteiger partial charge is 0.350 e. The van der Waals surface area contributed by atoms with E-state index >= 15 is 0 Å². The molecule has 0 aliphatic carbocycles. The zero-order chi connectivity index (χ0) is 16.6.